The van der Waals surface area contributed by atoms with Gasteiger partial charge in [-0.15, -0.1) is 0 Å². The van der Waals surface area contributed by atoms with E-state index in [2.05, 4.69) is 24.3 Å². The first-order valence-electron chi connectivity index (χ1n) is 8.85. The number of nitro groups is 1. The lowest BCUT2D eigenvalue weighted by Crippen LogP contribution is -1.96. The molecule has 0 aromatic rings. The molecule has 0 aromatic carbocycles. The summed E-state index contributed by atoms with van der Waals surface area (Å²) in [6.07, 6.45) is 24.8. The summed E-state index contributed by atoms with van der Waals surface area (Å²) in [6.45, 7) is 1.90. The van der Waals surface area contributed by atoms with Crippen molar-refractivity contribution in [2.75, 3.05) is 0 Å². The molecule has 0 aliphatic carbocycles. The Labute approximate surface area is 146 Å². The minimum atomic E-state index is -0.310. The molecule has 24 heavy (non-hydrogen) atoms. The van der Waals surface area contributed by atoms with Gasteiger partial charge in [0.25, 0.3) is 0 Å². The van der Waals surface area contributed by atoms with Crippen molar-refractivity contribution in [1.82, 2.24) is 0 Å². The fourth-order valence-electron chi connectivity index (χ4n) is 2.14. The molecule has 0 heterocycles. The van der Waals surface area contributed by atoms with E-state index in [0.29, 0.717) is 19.3 Å². The Bertz CT molecular complexity index is 448. The molecule has 133 valence electrons. The zero-order valence-electron chi connectivity index (χ0n) is 14.8. The number of rotatable bonds is 15. The number of hydrogen-bond donors (Lipinski definition) is 0. The van der Waals surface area contributed by atoms with Crippen molar-refractivity contribution in [3.8, 4) is 0 Å². The van der Waals surface area contributed by atoms with Crippen molar-refractivity contribution >= 4 is 6.29 Å². The first kappa shape index (κ1) is 22.0. The lowest BCUT2D eigenvalue weighted by Gasteiger charge is -1.95. The second-order valence-corrected chi connectivity index (χ2v) is 5.55. The summed E-state index contributed by atoms with van der Waals surface area (Å²) in [5.41, 5.74) is 0.268. The van der Waals surface area contributed by atoms with Crippen molar-refractivity contribution in [3.05, 3.63) is 58.3 Å². The van der Waals surface area contributed by atoms with Crippen LogP contribution in [0.1, 0.15) is 71.1 Å². The third kappa shape index (κ3) is 14.9. The molecule has 0 spiro atoms. The van der Waals surface area contributed by atoms with E-state index in [-0.39, 0.29) is 10.6 Å². The minimum absolute atomic E-state index is 0.268. The second kappa shape index (κ2) is 17.4. The largest absolute Gasteiger partial charge is 0.291 e. The number of nitrogens with zero attached hydrogens (tertiary/aromatic N) is 1. The van der Waals surface area contributed by atoms with Crippen molar-refractivity contribution < 1.29 is 9.72 Å². The van der Waals surface area contributed by atoms with Crippen LogP contribution in [0.2, 0.25) is 0 Å². The molecule has 0 amide bonds. The van der Waals surface area contributed by atoms with Crippen LogP contribution in [-0.4, -0.2) is 11.2 Å². The Morgan fingerprint density at radius 3 is 2.21 bits per heavy atom. The third-order valence-corrected chi connectivity index (χ3v) is 3.45. The van der Waals surface area contributed by atoms with E-state index in [0.717, 1.165) is 32.1 Å². The molecule has 0 fully saturated rings. The van der Waals surface area contributed by atoms with Gasteiger partial charge in [-0.05, 0) is 44.6 Å². The molecule has 0 rings (SSSR count). The summed E-state index contributed by atoms with van der Waals surface area (Å²) in [6, 6.07) is 0. The van der Waals surface area contributed by atoms with Crippen molar-refractivity contribution in [3.63, 3.8) is 0 Å². The quantitative estimate of drug-likeness (QED) is 0.164. The molecule has 0 atom stereocenters. The van der Waals surface area contributed by atoms with Gasteiger partial charge in [0.1, 0.15) is 0 Å². The number of carbonyl (C=O) groups excluding carboxylic acids is 1. The Balaban J connectivity index is 3.63. The van der Waals surface area contributed by atoms with Crippen LogP contribution in [0.4, 0.5) is 0 Å². The van der Waals surface area contributed by atoms with Gasteiger partial charge in [0.05, 0.1) is 11.3 Å². The van der Waals surface area contributed by atoms with E-state index in [9.17, 15) is 14.9 Å². The monoisotopic (exact) mass is 332 g/mol. The maximum absolute atomic E-state index is 10.7. The lowest BCUT2D eigenvalue weighted by molar-refractivity contribution is -0.427. The molecule has 0 aliphatic rings. The molecule has 0 aliphatic heterocycles. The first-order valence-corrected chi connectivity index (χ1v) is 8.85. The van der Waals surface area contributed by atoms with Crippen LogP contribution in [0, 0.1) is 10.1 Å². The molecule has 0 unspecified atom stereocenters. The molecular formula is C20H30NO3. The smallest absolute Gasteiger partial charge is 0.246 e. The van der Waals surface area contributed by atoms with Crippen LogP contribution >= 0.6 is 0 Å². The average Bonchev–Trinajstić information content (AvgIpc) is 2.57. The van der Waals surface area contributed by atoms with E-state index in [1.54, 1.807) is 6.08 Å². The maximum atomic E-state index is 10.7. The summed E-state index contributed by atoms with van der Waals surface area (Å²) >= 11 is 0. The molecule has 0 saturated carbocycles. The molecule has 0 N–H and O–H groups in total. The van der Waals surface area contributed by atoms with Gasteiger partial charge in [0.15, 0.2) is 6.29 Å². The average molecular weight is 332 g/mol. The standard InChI is InChI=1S/C20H30NO3/c1-2-17-20(21(23)24)18-15-13-11-9-7-5-3-4-6-8-10-12-14-16-19-22/h3-4,7,9,13,15,17H,2,5-6,8,10-12,14,16,18H2,1H3/b4-3+,9-7+,15-13+,20-17-. The maximum Gasteiger partial charge on any atom is 0.246 e. The second-order valence-electron chi connectivity index (χ2n) is 5.55. The zero-order valence-corrected chi connectivity index (χ0v) is 14.8. The Morgan fingerprint density at radius 1 is 0.958 bits per heavy atom. The Kier molecular flexibility index (Phi) is 16.0. The topological polar surface area (TPSA) is 60.2 Å². The summed E-state index contributed by atoms with van der Waals surface area (Å²) < 4.78 is 0. The molecule has 0 aromatic heterocycles. The Morgan fingerprint density at radius 2 is 1.58 bits per heavy atom. The van der Waals surface area contributed by atoms with Gasteiger partial charge in [-0.25, -0.2) is 0 Å². The van der Waals surface area contributed by atoms with Crippen LogP contribution in [0.25, 0.3) is 0 Å². The van der Waals surface area contributed by atoms with Gasteiger partial charge in [-0.3, -0.25) is 14.9 Å². The highest BCUT2D eigenvalue weighted by atomic mass is 16.6. The highest BCUT2D eigenvalue weighted by Crippen LogP contribution is 2.06. The zero-order chi connectivity index (χ0) is 17.9. The normalized spacial score (nSPS) is 12.6. The van der Waals surface area contributed by atoms with Crippen LogP contribution < -0.4 is 0 Å². The van der Waals surface area contributed by atoms with Crippen molar-refractivity contribution in [1.29, 1.82) is 0 Å². The summed E-state index contributed by atoms with van der Waals surface area (Å²) in [4.78, 5) is 20.5. The van der Waals surface area contributed by atoms with Gasteiger partial charge >= 0.3 is 0 Å². The van der Waals surface area contributed by atoms with Crippen LogP contribution in [0.15, 0.2) is 48.2 Å². The van der Waals surface area contributed by atoms with E-state index in [1.165, 1.54) is 12.8 Å². The van der Waals surface area contributed by atoms with E-state index in [1.807, 2.05) is 25.4 Å². The van der Waals surface area contributed by atoms with Crippen LogP contribution in [0.3, 0.4) is 0 Å². The van der Waals surface area contributed by atoms with Crippen LogP contribution in [-0.2, 0) is 4.79 Å². The predicted octanol–water partition coefficient (Wildman–Crippen LogP) is 5.85. The SMILES string of the molecule is CC/C=C(/C/C=C/C/C=C/C/C=C/CCCCCC[C]=O)[N+](=O)[O-]. The molecule has 0 saturated heterocycles. The molecule has 0 bridgehead atoms. The van der Waals surface area contributed by atoms with Gasteiger partial charge in [-0.1, -0.05) is 56.2 Å². The fourth-order valence-corrected chi connectivity index (χ4v) is 2.14. The molecule has 4 heteroatoms. The highest BCUT2D eigenvalue weighted by Gasteiger charge is 2.05. The lowest BCUT2D eigenvalue weighted by atomic mass is 10.1. The molecule has 4 nitrogen and oxygen atoms in total. The minimum Gasteiger partial charge on any atom is -0.291 e. The number of hydrogen-bond acceptors (Lipinski definition) is 3. The Hall–Kier alpha value is -1.97. The summed E-state index contributed by atoms with van der Waals surface area (Å²) in [7, 11) is 0. The third-order valence-electron chi connectivity index (χ3n) is 3.45. The van der Waals surface area contributed by atoms with Gasteiger partial charge in [0.2, 0.25) is 5.70 Å². The molecule has 1 radical (unpaired) electrons. The van der Waals surface area contributed by atoms with E-state index in [4.69, 9.17) is 0 Å². The summed E-state index contributed by atoms with van der Waals surface area (Å²) in [5.74, 6) is 0. The van der Waals surface area contributed by atoms with Crippen LogP contribution in [0.5, 0.6) is 0 Å². The van der Waals surface area contributed by atoms with E-state index < -0.39 is 0 Å². The van der Waals surface area contributed by atoms with Gasteiger partial charge in [0, 0.05) is 6.42 Å². The van der Waals surface area contributed by atoms with Crippen molar-refractivity contribution in [2.24, 2.45) is 0 Å². The predicted molar refractivity (Wildman–Crippen MR) is 100 cm³/mol. The first-order chi connectivity index (χ1) is 11.7. The number of unbranched alkanes of at least 4 members (excludes halogenated alkanes) is 5. The fraction of sp³-hybridized carbons (Fsp3) is 0.550. The summed E-state index contributed by atoms with van der Waals surface area (Å²) in [5, 5.41) is 10.7. The molecular weight excluding hydrogens is 302 g/mol. The van der Waals surface area contributed by atoms with Gasteiger partial charge in [-0.2, -0.15) is 0 Å². The number of allylic oxidation sites excluding steroid dienone is 7. The van der Waals surface area contributed by atoms with E-state index >= 15 is 0 Å². The van der Waals surface area contributed by atoms with Gasteiger partial charge < -0.3 is 0 Å². The highest BCUT2D eigenvalue weighted by molar-refractivity contribution is 5.50. The van der Waals surface area contributed by atoms with Crippen molar-refractivity contribution in [2.45, 2.75) is 71.1 Å².